The second-order valence-electron chi connectivity index (χ2n) is 4.79. The normalized spacial score (nSPS) is 10.6. The smallest absolute Gasteiger partial charge is 0.186 e. The Morgan fingerprint density at radius 2 is 2.04 bits per heavy atom. The molecule has 0 heterocycles. The fourth-order valence-corrected chi connectivity index (χ4v) is 2.26. The molecule has 2 aromatic rings. The van der Waals surface area contributed by atoms with Crippen LogP contribution in [0.25, 0.3) is 0 Å². The molecule has 24 heavy (non-hydrogen) atoms. The van der Waals surface area contributed by atoms with E-state index in [-0.39, 0.29) is 12.4 Å². The fourth-order valence-electron chi connectivity index (χ4n) is 1.84. The molecule has 0 aliphatic rings. The number of hydrogen-bond acceptors (Lipinski definition) is 3. The van der Waals surface area contributed by atoms with Crippen molar-refractivity contribution >= 4 is 35.1 Å². The predicted molar refractivity (Wildman–Crippen MR) is 99.2 cm³/mol. The van der Waals surface area contributed by atoms with Crippen LogP contribution in [0, 0.1) is 5.82 Å². The zero-order valence-electron chi connectivity index (χ0n) is 13.1. The molecule has 4 nitrogen and oxygen atoms in total. The molecular weight excluding hydrogens is 349 g/mol. The molecule has 2 rings (SSSR count). The molecule has 126 valence electrons. The first kappa shape index (κ1) is 18.2. The Kier molecular flexibility index (Phi) is 6.96. The van der Waals surface area contributed by atoms with E-state index in [2.05, 4.69) is 15.8 Å². The lowest BCUT2D eigenvalue weighted by Crippen LogP contribution is -2.31. The molecule has 0 aromatic heterocycles. The summed E-state index contributed by atoms with van der Waals surface area (Å²) >= 11 is 11.0. The van der Waals surface area contributed by atoms with E-state index >= 15 is 0 Å². The minimum Gasteiger partial charge on any atom is -0.489 e. The quantitative estimate of drug-likeness (QED) is 0.463. The average Bonchev–Trinajstić information content (AvgIpc) is 2.56. The Bertz CT molecular complexity index is 702. The van der Waals surface area contributed by atoms with Crippen molar-refractivity contribution in [2.24, 2.45) is 5.10 Å². The third kappa shape index (κ3) is 5.47. The SMILES string of the molecule is CCNC(=S)N/N=C/c1ccc(OCc2c(F)cccc2Cl)cc1. The summed E-state index contributed by atoms with van der Waals surface area (Å²) in [5.41, 5.74) is 3.92. The standard InChI is InChI=1S/C17H17ClFN3OS/c1-2-20-17(24)22-21-10-12-6-8-13(9-7-12)23-11-14-15(18)4-3-5-16(14)19/h3-10H,2,11H2,1H3,(H2,20,22,24)/b21-10+. The summed E-state index contributed by atoms with van der Waals surface area (Å²) in [6.07, 6.45) is 1.64. The summed E-state index contributed by atoms with van der Waals surface area (Å²) < 4.78 is 19.2. The van der Waals surface area contributed by atoms with Gasteiger partial charge < -0.3 is 10.1 Å². The maximum absolute atomic E-state index is 13.7. The van der Waals surface area contributed by atoms with Crippen LogP contribution in [0.15, 0.2) is 47.6 Å². The molecular formula is C17H17ClFN3OS. The molecule has 2 N–H and O–H groups in total. The zero-order valence-corrected chi connectivity index (χ0v) is 14.6. The number of nitrogens with one attached hydrogen (secondary N) is 2. The lowest BCUT2D eigenvalue weighted by molar-refractivity contribution is 0.300. The van der Waals surface area contributed by atoms with Gasteiger partial charge in [-0.3, -0.25) is 5.43 Å². The Morgan fingerprint density at radius 1 is 1.29 bits per heavy atom. The number of rotatable bonds is 6. The minimum absolute atomic E-state index is 0.0669. The summed E-state index contributed by atoms with van der Waals surface area (Å²) in [4.78, 5) is 0. The van der Waals surface area contributed by atoms with Crippen molar-refractivity contribution in [2.45, 2.75) is 13.5 Å². The number of halogens is 2. The Morgan fingerprint density at radius 3 is 2.71 bits per heavy atom. The summed E-state index contributed by atoms with van der Waals surface area (Å²) in [5.74, 6) is 0.233. The Balaban J connectivity index is 1.90. The summed E-state index contributed by atoms with van der Waals surface area (Å²) in [6.45, 7) is 2.75. The highest BCUT2D eigenvalue weighted by atomic mass is 35.5. The summed E-state index contributed by atoms with van der Waals surface area (Å²) in [7, 11) is 0. The van der Waals surface area contributed by atoms with Gasteiger partial charge in [-0.05, 0) is 61.1 Å². The predicted octanol–water partition coefficient (Wildman–Crippen LogP) is 3.88. The molecule has 7 heteroatoms. The largest absolute Gasteiger partial charge is 0.489 e. The van der Waals surface area contributed by atoms with Gasteiger partial charge in [-0.1, -0.05) is 17.7 Å². The summed E-state index contributed by atoms with van der Waals surface area (Å²) in [5, 5.41) is 7.76. The van der Waals surface area contributed by atoms with Crippen LogP contribution in [-0.4, -0.2) is 17.9 Å². The van der Waals surface area contributed by atoms with Gasteiger partial charge in [0.15, 0.2) is 5.11 Å². The highest BCUT2D eigenvalue weighted by molar-refractivity contribution is 7.80. The first-order valence-electron chi connectivity index (χ1n) is 7.32. The van der Waals surface area contributed by atoms with Gasteiger partial charge in [0.05, 0.1) is 11.2 Å². The van der Waals surface area contributed by atoms with Gasteiger partial charge in [-0.2, -0.15) is 5.10 Å². The van der Waals surface area contributed by atoms with Gasteiger partial charge in [-0.15, -0.1) is 0 Å². The lowest BCUT2D eigenvalue weighted by Gasteiger charge is -2.09. The van der Waals surface area contributed by atoms with Gasteiger partial charge in [0.2, 0.25) is 0 Å². The third-order valence-corrected chi connectivity index (χ3v) is 3.63. The van der Waals surface area contributed by atoms with E-state index in [0.29, 0.717) is 21.4 Å². The minimum atomic E-state index is -0.381. The number of ether oxygens (including phenoxy) is 1. The van der Waals surface area contributed by atoms with Crippen molar-refractivity contribution in [3.8, 4) is 5.75 Å². The first-order chi connectivity index (χ1) is 11.6. The van der Waals surface area contributed by atoms with Crippen molar-refractivity contribution in [1.29, 1.82) is 0 Å². The summed E-state index contributed by atoms with van der Waals surface area (Å²) in [6, 6.07) is 11.8. The van der Waals surface area contributed by atoms with Gasteiger partial charge in [0, 0.05) is 12.1 Å². The van der Waals surface area contributed by atoms with Gasteiger partial charge in [-0.25, -0.2) is 4.39 Å². The Labute approximate surface area is 150 Å². The van der Waals surface area contributed by atoms with Crippen LogP contribution in [0.2, 0.25) is 5.02 Å². The van der Waals surface area contributed by atoms with Crippen LogP contribution in [0.1, 0.15) is 18.1 Å². The second-order valence-corrected chi connectivity index (χ2v) is 5.60. The topological polar surface area (TPSA) is 45.7 Å². The van der Waals surface area contributed by atoms with E-state index in [1.165, 1.54) is 6.07 Å². The van der Waals surface area contributed by atoms with E-state index in [1.807, 2.05) is 19.1 Å². The number of benzene rings is 2. The van der Waals surface area contributed by atoms with Crippen molar-refractivity contribution in [1.82, 2.24) is 10.7 Å². The average molecular weight is 366 g/mol. The van der Waals surface area contributed by atoms with E-state index in [0.717, 1.165) is 12.1 Å². The molecule has 0 saturated carbocycles. The van der Waals surface area contributed by atoms with Crippen molar-refractivity contribution in [3.05, 3.63) is 64.4 Å². The van der Waals surface area contributed by atoms with Crippen LogP contribution >= 0.6 is 23.8 Å². The number of hydrogen-bond donors (Lipinski definition) is 2. The van der Waals surface area contributed by atoms with E-state index in [9.17, 15) is 4.39 Å². The molecule has 0 spiro atoms. The number of thiocarbonyl (C=S) groups is 1. The third-order valence-electron chi connectivity index (χ3n) is 3.04. The molecule has 0 fully saturated rings. The first-order valence-corrected chi connectivity index (χ1v) is 8.11. The molecule has 0 saturated heterocycles. The molecule has 0 amide bonds. The Hall–Kier alpha value is -2.18. The van der Waals surface area contributed by atoms with Crippen LogP contribution < -0.4 is 15.5 Å². The number of nitrogens with zero attached hydrogens (tertiary/aromatic N) is 1. The molecule has 0 unspecified atom stereocenters. The highest BCUT2D eigenvalue weighted by Gasteiger charge is 2.07. The number of hydrazone groups is 1. The maximum atomic E-state index is 13.7. The van der Waals surface area contributed by atoms with Crippen molar-refractivity contribution in [3.63, 3.8) is 0 Å². The molecule has 0 bridgehead atoms. The molecule has 0 atom stereocenters. The van der Waals surface area contributed by atoms with Crippen LogP contribution in [0.5, 0.6) is 5.75 Å². The highest BCUT2D eigenvalue weighted by Crippen LogP contribution is 2.21. The molecule has 2 aromatic carbocycles. The second kappa shape index (κ2) is 9.20. The van der Waals surface area contributed by atoms with Crippen LogP contribution in [0.3, 0.4) is 0 Å². The zero-order chi connectivity index (χ0) is 17.4. The monoisotopic (exact) mass is 365 g/mol. The molecule has 0 aliphatic carbocycles. The molecule has 0 radical (unpaired) electrons. The maximum Gasteiger partial charge on any atom is 0.186 e. The van der Waals surface area contributed by atoms with Crippen LogP contribution in [0.4, 0.5) is 4.39 Å². The van der Waals surface area contributed by atoms with Crippen LogP contribution in [-0.2, 0) is 6.61 Å². The van der Waals surface area contributed by atoms with E-state index < -0.39 is 0 Å². The van der Waals surface area contributed by atoms with Gasteiger partial charge in [0.1, 0.15) is 18.2 Å². The van der Waals surface area contributed by atoms with Gasteiger partial charge >= 0.3 is 0 Å². The molecule has 0 aliphatic heterocycles. The van der Waals surface area contributed by atoms with Crippen molar-refractivity contribution < 1.29 is 9.13 Å². The van der Waals surface area contributed by atoms with Crippen molar-refractivity contribution in [2.75, 3.05) is 6.54 Å². The van der Waals surface area contributed by atoms with E-state index in [1.54, 1.807) is 30.5 Å². The van der Waals surface area contributed by atoms with Gasteiger partial charge in [0.25, 0.3) is 0 Å². The fraction of sp³-hybridized carbons (Fsp3) is 0.176. The lowest BCUT2D eigenvalue weighted by atomic mass is 10.2. The van der Waals surface area contributed by atoms with E-state index in [4.69, 9.17) is 28.6 Å².